The molecule has 7 atom stereocenters. The van der Waals surface area contributed by atoms with Gasteiger partial charge in [-0.25, -0.2) is 4.79 Å². The quantitative estimate of drug-likeness (QED) is 0.677. The number of hydrogen-bond acceptors (Lipinski definition) is 4. The molecule has 5 heteroatoms. The van der Waals surface area contributed by atoms with Crippen molar-refractivity contribution in [3.05, 3.63) is 23.8 Å². The monoisotopic (exact) mass is 413 g/mol. The van der Waals surface area contributed by atoms with Gasteiger partial charge in [0.25, 0.3) is 0 Å². The summed E-state index contributed by atoms with van der Waals surface area (Å²) in [6.07, 6.45) is 9.82. The lowest BCUT2D eigenvalue weighted by molar-refractivity contribution is -0.131. The maximum atomic E-state index is 12.9. The van der Waals surface area contributed by atoms with Gasteiger partial charge in [-0.15, -0.1) is 0 Å². The topological polar surface area (TPSA) is 63.7 Å². The molecule has 0 aromatic rings. The summed E-state index contributed by atoms with van der Waals surface area (Å²) in [6.45, 7) is 9.13. The SMILES string of the molecule is CCN(CC)C(=O)O[C@H]1C[C@@]2(C)C(CC[C@@H]2C(C)=O)[C@@H]2C=CC3=CC(=O)CCC3[C@H]12. The Morgan fingerprint density at radius 2 is 1.93 bits per heavy atom. The van der Waals surface area contributed by atoms with Gasteiger partial charge in [0.15, 0.2) is 5.78 Å². The fraction of sp³-hybridized carbons (Fsp3) is 0.720. The van der Waals surface area contributed by atoms with E-state index in [0.29, 0.717) is 25.4 Å². The molecule has 2 unspecified atom stereocenters. The summed E-state index contributed by atoms with van der Waals surface area (Å²) < 4.78 is 6.21. The molecule has 30 heavy (non-hydrogen) atoms. The maximum absolute atomic E-state index is 12.9. The van der Waals surface area contributed by atoms with E-state index in [9.17, 15) is 14.4 Å². The van der Waals surface area contributed by atoms with Crippen molar-refractivity contribution in [2.45, 2.75) is 65.9 Å². The molecule has 2 fully saturated rings. The highest BCUT2D eigenvalue weighted by atomic mass is 16.6. The highest BCUT2D eigenvalue weighted by molar-refractivity contribution is 5.92. The Hall–Kier alpha value is -1.91. The number of fused-ring (bicyclic) bond motifs is 5. The van der Waals surface area contributed by atoms with E-state index in [-0.39, 0.29) is 52.9 Å². The fourth-order valence-electron chi connectivity index (χ4n) is 7.18. The number of amides is 1. The van der Waals surface area contributed by atoms with Crippen molar-refractivity contribution in [1.29, 1.82) is 0 Å². The Morgan fingerprint density at radius 1 is 1.20 bits per heavy atom. The molecular weight excluding hydrogens is 378 g/mol. The molecule has 0 N–H and O–H groups in total. The van der Waals surface area contributed by atoms with Crippen LogP contribution in [0.15, 0.2) is 23.8 Å². The molecule has 4 rings (SSSR count). The van der Waals surface area contributed by atoms with Crippen LogP contribution in [-0.2, 0) is 14.3 Å². The van der Waals surface area contributed by atoms with Crippen LogP contribution in [0.3, 0.4) is 0 Å². The third kappa shape index (κ3) is 3.34. The summed E-state index contributed by atoms with van der Waals surface area (Å²) in [7, 11) is 0. The number of ketones is 2. The summed E-state index contributed by atoms with van der Waals surface area (Å²) in [5.74, 6) is 1.66. The van der Waals surface area contributed by atoms with E-state index in [0.717, 1.165) is 31.3 Å². The van der Waals surface area contributed by atoms with Gasteiger partial charge in [-0.05, 0) is 81.3 Å². The lowest BCUT2D eigenvalue weighted by Gasteiger charge is -2.54. The van der Waals surface area contributed by atoms with Crippen molar-refractivity contribution >= 4 is 17.7 Å². The van der Waals surface area contributed by atoms with Crippen LogP contribution in [0, 0.1) is 35.0 Å². The van der Waals surface area contributed by atoms with Crippen molar-refractivity contribution in [2.24, 2.45) is 35.0 Å². The van der Waals surface area contributed by atoms with E-state index in [1.165, 1.54) is 0 Å². The average Bonchev–Trinajstić information content (AvgIpc) is 3.05. The first-order valence-corrected chi connectivity index (χ1v) is 11.7. The minimum atomic E-state index is -0.254. The van der Waals surface area contributed by atoms with Gasteiger partial charge in [-0.1, -0.05) is 19.1 Å². The maximum Gasteiger partial charge on any atom is 0.410 e. The molecule has 0 saturated heterocycles. The number of carbonyl (C=O) groups excluding carboxylic acids is 3. The zero-order chi connectivity index (χ0) is 21.6. The predicted octanol–water partition coefficient (Wildman–Crippen LogP) is 4.57. The highest BCUT2D eigenvalue weighted by Crippen LogP contribution is 2.63. The Bertz CT molecular complexity index is 795. The van der Waals surface area contributed by atoms with E-state index in [1.807, 2.05) is 13.8 Å². The van der Waals surface area contributed by atoms with E-state index < -0.39 is 0 Å². The molecule has 0 heterocycles. The number of carbonyl (C=O) groups is 3. The van der Waals surface area contributed by atoms with Crippen molar-refractivity contribution in [2.75, 3.05) is 13.1 Å². The molecule has 164 valence electrons. The van der Waals surface area contributed by atoms with Crippen molar-refractivity contribution < 1.29 is 19.1 Å². The van der Waals surface area contributed by atoms with Crippen LogP contribution in [0.5, 0.6) is 0 Å². The Balaban J connectivity index is 1.72. The van der Waals surface area contributed by atoms with Crippen molar-refractivity contribution in [3.8, 4) is 0 Å². The Kier molecular flexibility index (Phi) is 5.67. The van der Waals surface area contributed by atoms with E-state index in [1.54, 1.807) is 17.9 Å². The van der Waals surface area contributed by atoms with Gasteiger partial charge in [-0.3, -0.25) is 9.59 Å². The van der Waals surface area contributed by atoms with Gasteiger partial charge >= 0.3 is 6.09 Å². The normalized spacial score (nSPS) is 39.5. The average molecular weight is 414 g/mol. The Morgan fingerprint density at radius 3 is 2.60 bits per heavy atom. The summed E-state index contributed by atoms with van der Waals surface area (Å²) in [6, 6.07) is 0. The third-order valence-corrected chi connectivity index (χ3v) is 8.59. The fourth-order valence-corrected chi connectivity index (χ4v) is 7.18. The van der Waals surface area contributed by atoms with Gasteiger partial charge in [0.1, 0.15) is 11.9 Å². The van der Waals surface area contributed by atoms with Gasteiger partial charge in [-0.2, -0.15) is 0 Å². The van der Waals surface area contributed by atoms with Crippen LogP contribution in [0.25, 0.3) is 0 Å². The van der Waals surface area contributed by atoms with Crippen LogP contribution >= 0.6 is 0 Å². The van der Waals surface area contributed by atoms with Crippen molar-refractivity contribution in [3.63, 3.8) is 0 Å². The van der Waals surface area contributed by atoms with Crippen LogP contribution in [0.1, 0.15) is 59.8 Å². The smallest absolute Gasteiger partial charge is 0.410 e. The molecule has 4 aliphatic carbocycles. The summed E-state index contributed by atoms with van der Waals surface area (Å²) in [5.41, 5.74) is 0.957. The summed E-state index contributed by atoms with van der Waals surface area (Å²) >= 11 is 0. The van der Waals surface area contributed by atoms with Gasteiger partial charge in [0, 0.05) is 31.3 Å². The third-order valence-electron chi connectivity index (χ3n) is 8.59. The van der Waals surface area contributed by atoms with E-state index >= 15 is 0 Å². The molecule has 0 bridgehead atoms. The number of rotatable bonds is 4. The molecule has 1 amide bonds. The molecular formula is C25H35NO4. The van der Waals surface area contributed by atoms with Crippen LogP contribution < -0.4 is 0 Å². The van der Waals surface area contributed by atoms with Crippen molar-refractivity contribution in [1.82, 2.24) is 4.90 Å². The van der Waals surface area contributed by atoms with E-state index in [2.05, 4.69) is 19.1 Å². The molecule has 4 aliphatic rings. The number of Topliss-reactive ketones (excluding diaryl/α,β-unsaturated/α-hetero) is 1. The number of nitrogens with zero attached hydrogens (tertiary/aromatic N) is 1. The van der Waals surface area contributed by atoms with Gasteiger partial charge in [0.05, 0.1) is 0 Å². The first-order chi connectivity index (χ1) is 14.3. The van der Waals surface area contributed by atoms with E-state index in [4.69, 9.17) is 4.74 Å². The standard InChI is InChI=1S/C25H35NO4/c1-5-26(6-2)24(29)30-22-14-25(4)20(15(3)27)11-12-21(25)19-9-7-16-13-17(28)8-10-18(16)23(19)22/h7,9,13,18-23H,5-6,8,10-12,14H2,1-4H3/t18?,19-,20+,21?,22-,23-,25+/m0/s1. The van der Waals surface area contributed by atoms with Gasteiger partial charge < -0.3 is 9.64 Å². The van der Waals surface area contributed by atoms with Crippen LogP contribution in [-0.4, -0.2) is 41.8 Å². The predicted molar refractivity (Wildman–Crippen MR) is 115 cm³/mol. The lowest BCUT2D eigenvalue weighted by Crippen LogP contribution is -2.54. The first-order valence-electron chi connectivity index (χ1n) is 11.7. The molecule has 0 radical (unpaired) electrons. The molecule has 0 aromatic heterocycles. The summed E-state index contributed by atoms with van der Waals surface area (Å²) in [4.78, 5) is 39.1. The Labute approximate surface area is 179 Å². The van der Waals surface area contributed by atoms with Gasteiger partial charge in [0.2, 0.25) is 0 Å². The van der Waals surface area contributed by atoms with Crippen LogP contribution in [0.2, 0.25) is 0 Å². The van der Waals surface area contributed by atoms with Crippen LogP contribution in [0.4, 0.5) is 4.79 Å². The molecule has 5 nitrogen and oxygen atoms in total. The minimum Gasteiger partial charge on any atom is -0.446 e. The zero-order valence-corrected chi connectivity index (χ0v) is 18.7. The number of ether oxygens (including phenoxy) is 1. The largest absolute Gasteiger partial charge is 0.446 e. The molecule has 0 aromatic carbocycles. The number of allylic oxidation sites excluding steroid dienone is 4. The highest BCUT2D eigenvalue weighted by Gasteiger charge is 2.60. The lowest BCUT2D eigenvalue weighted by atomic mass is 9.51. The molecule has 2 saturated carbocycles. The molecule has 0 spiro atoms. The zero-order valence-electron chi connectivity index (χ0n) is 18.7. The minimum absolute atomic E-state index is 0.0383. The summed E-state index contributed by atoms with van der Waals surface area (Å²) in [5, 5.41) is 0. The second-order valence-electron chi connectivity index (χ2n) is 9.92. The second kappa shape index (κ2) is 7.97. The molecule has 0 aliphatic heterocycles. The first kappa shape index (κ1) is 21.3. The number of hydrogen-bond donors (Lipinski definition) is 0. The second-order valence-corrected chi connectivity index (χ2v) is 9.92.